The topological polar surface area (TPSA) is 46.6 Å². The Kier molecular flexibility index (Phi) is 5.31. The van der Waals surface area contributed by atoms with Crippen molar-refractivity contribution < 1.29 is 13.2 Å². The fourth-order valence-electron chi connectivity index (χ4n) is 2.59. The second-order valence-electron chi connectivity index (χ2n) is 5.24. The minimum absolute atomic E-state index is 0.331. The standard InChI is InChI=1S/C16H19NO3S3/c1-20-13-4-6-14(7-5-13)23(18,19)17-9-8-16(22-12-10-17)15-3-2-11-21-15/h2-7,11,16H,8-10,12H2,1H3. The molecule has 0 N–H and O–H groups in total. The van der Waals surface area contributed by atoms with Gasteiger partial charge in [0.2, 0.25) is 10.0 Å². The van der Waals surface area contributed by atoms with Crippen molar-refractivity contribution in [2.75, 3.05) is 26.0 Å². The molecule has 4 nitrogen and oxygen atoms in total. The van der Waals surface area contributed by atoms with E-state index in [4.69, 9.17) is 4.74 Å². The number of sulfonamides is 1. The molecule has 7 heteroatoms. The second kappa shape index (κ2) is 7.25. The molecule has 1 aromatic heterocycles. The minimum atomic E-state index is -3.43. The maximum Gasteiger partial charge on any atom is 0.243 e. The van der Waals surface area contributed by atoms with Crippen LogP contribution in [0, 0.1) is 0 Å². The van der Waals surface area contributed by atoms with Crippen molar-refractivity contribution in [1.29, 1.82) is 0 Å². The predicted octanol–water partition coefficient (Wildman–Crippen LogP) is 3.63. The van der Waals surface area contributed by atoms with E-state index in [2.05, 4.69) is 17.5 Å². The molecule has 3 rings (SSSR count). The molecule has 2 heterocycles. The smallest absolute Gasteiger partial charge is 0.243 e. The Labute approximate surface area is 145 Å². The molecule has 1 saturated heterocycles. The average molecular weight is 370 g/mol. The summed E-state index contributed by atoms with van der Waals surface area (Å²) in [4.78, 5) is 1.66. The van der Waals surface area contributed by atoms with E-state index in [0.717, 1.165) is 12.2 Å². The number of ether oxygens (including phenoxy) is 1. The molecule has 0 spiro atoms. The summed E-state index contributed by atoms with van der Waals surface area (Å²) in [6.07, 6.45) is 0.848. The highest BCUT2D eigenvalue weighted by molar-refractivity contribution is 7.99. The molecule has 1 aliphatic rings. The number of thioether (sulfide) groups is 1. The summed E-state index contributed by atoms with van der Waals surface area (Å²) >= 11 is 3.59. The van der Waals surface area contributed by atoms with Crippen LogP contribution in [0.1, 0.15) is 16.5 Å². The zero-order valence-corrected chi connectivity index (χ0v) is 15.3. The molecule has 2 aromatic rings. The largest absolute Gasteiger partial charge is 0.497 e. The van der Waals surface area contributed by atoms with Crippen molar-refractivity contribution in [3.8, 4) is 5.75 Å². The van der Waals surface area contributed by atoms with Gasteiger partial charge in [0, 0.05) is 29.0 Å². The number of methoxy groups -OCH3 is 1. The molecular weight excluding hydrogens is 350 g/mol. The van der Waals surface area contributed by atoms with Crippen molar-refractivity contribution in [3.05, 3.63) is 46.7 Å². The molecule has 0 aliphatic carbocycles. The molecule has 1 aliphatic heterocycles. The van der Waals surface area contributed by atoms with Crippen LogP contribution in [0.3, 0.4) is 0 Å². The molecule has 124 valence electrons. The van der Waals surface area contributed by atoms with Gasteiger partial charge in [0.15, 0.2) is 0 Å². The Morgan fingerprint density at radius 3 is 2.61 bits per heavy atom. The van der Waals surface area contributed by atoms with Gasteiger partial charge in [-0.2, -0.15) is 16.1 Å². The van der Waals surface area contributed by atoms with E-state index < -0.39 is 10.0 Å². The van der Waals surface area contributed by atoms with E-state index in [0.29, 0.717) is 29.0 Å². The summed E-state index contributed by atoms with van der Waals surface area (Å²) in [5.41, 5.74) is 0. The third-order valence-electron chi connectivity index (χ3n) is 3.86. The van der Waals surface area contributed by atoms with Gasteiger partial charge in [-0.15, -0.1) is 11.3 Å². The lowest BCUT2D eigenvalue weighted by atomic mass is 10.2. The van der Waals surface area contributed by atoms with Crippen LogP contribution >= 0.6 is 23.1 Å². The fourth-order valence-corrected chi connectivity index (χ4v) is 6.40. The lowest BCUT2D eigenvalue weighted by Gasteiger charge is -2.20. The summed E-state index contributed by atoms with van der Waals surface area (Å²) < 4.78 is 32.3. The van der Waals surface area contributed by atoms with Gasteiger partial charge in [0.1, 0.15) is 5.75 Å². The van der Waals surface area contributed by atoms with E-state index in [9.17, 15) is 8.42 Å². The number of thiophene rings is 1. The Balaban J connectivity index is 1.75. The third kappa shape index (κ3) is 3.74. The minimum Gasteiger partial charge on any atom is -0.497 e. The summed E-state index contributed by atoms with van der Waals surface area (Å²) in [6.45, 7) is 1.12. The Bertz CT molecular complexity index is 726. The van der Waals surface area contributed by atoms with Gasteiger partial charge in [-0.05, 0) is 42.1 Å². The summed E-state index contributed by atoms with van der Waals surface area (Å²) in [5.74, 6) is 1.48. The maximum absolute atomic E-state index is 12.8. The highest BCUT2D eigenvalue weighted by atomic mass is 32.2. The van der Waals surface area contributed by atoms with Crippen LogP contribution in [0.25, 0.3) is 0 Å². The normalized spacial score (nSPS) is 20.1. The van der Waals surface area contributed by atoms with Gasteiger partial charge < -0.3 is 4.74 Å². The van der Waals surface area contributed by atoms with E-state index in [1.165, 1.54) is 4.88 Å². The van der Waals surface area contributed by atoms with Crippen molar-refractivity contribution in [3.63, 3.8) is 0 Å². The van der Waals surface area contributed by atoms with Crippen LogP contribution in [0.4, 0.5) is 0 Å². The van der Waals surface area contributed by atoms with Gasteiger partial charge in [-0.1, -0.05) is 6.07 Å². The molecule has 1 aromatic carbocycles. The SMILES string of the molecule is COc1ccc(S(=O)(=O)N2CCSC(c3cccs3)CC2)cc1. The quantitative estimate of drug-likeness (QED) is 0.826. The predicted molar refractivity (Wildman–Crippen MR) is 95.9 cm³/mol. The van der Waals surface area contributed by atoms with Gasteiger partial charge in [-0.3, -0.25) is 0 Å². The van der Waals surface area contributed by atoms with E-state index in [-0.39, 0.29) is 0 Å². The average Bonchev–Trinajstić information content (AvgIpc) is 2.99. The van der Waals surface area contributed by atoms with Crippen LogP contribution in [0.2, 0.25) is 0 Å². The molecule has 0 radical (unpaired) electrons. The zero-order chi connectivity index (χ0) is 16.3. The lowest BCUT2D eigenvalue weighted by Crippen LogP contribution is -2.33. The molecule has 0 amide bonds. The van der Waals surface area contributed by atoms with Gasteiger partial charge >= 0.3 is 0 Å². The van der Waals surface area contributed by atoms with Crippen molar-refractivity contribution >= 4 is 33.1 Å². The number of nitrogens with zero attached hydrogens (tertiary/aromatic N) is 1. The van der Waals surface area contributed by atoms with E-state index >= 15 is 0 Å². The van der Waals surface area contributed by atoms with Crippen molar-refractivity contribution in [2.24, 2.45) is 0 Å². The van der Waals surface area contributed by atoms with Crippen molar-refractivity contribution in [2.45, 2.75) is 16.6 Å². The number of benzene rings is 1. The van der Waals surface area contributed by atoms with Gasteiger partial charge in [0.05, 0.1) is 12.0 Å². The van der Waals surface area contributed by atoms with Gasteiger partial charge in [-0.25, -0.2) is 8.42 Å². The van der Waals surface area contributed by atoms with Crippen LogP contribution in [0.15, 0.2) is 46.7 Å². The summed E-state index contributed by atoms with van der Waals surface area (Å²) in [6, 6.07) is 10.8. The first-order chi connectivity index (χ1) is 11.1. The van der Waals surface area contributed by atoms with Crippen LogP contribution in [0.5, 0.6) is 5.75 Å². The summed E-state index contributed by atoms with van der Waals surface area (Å²) in [7, 11) is -1.87. The third-order valence-corrected chi connectivity index (χ3v) is 8.22. The Hall–Kier alpha value is -1.02. The Morgan fingerprint density at radius 1 is 1.17 bits per heavy atom. The van der Waals surface area contributed by atoms with Crippen LogP contribution < -0.4 is 4.74 Å². The monoisotopic (exact) mass is 369 g/mol. The summed E-state index contributed by atoms with van der Waals surface area (Å²) in [5, 5.41) is 2.47. The molecule has 1 fully saturated rings. The molecule has 1 atom stereocenters. The number of rotatable bonds is 4. The lowest BCUT2D eigenvalue weighted by molar-refractivity contribution is 0.413. The first-order valence-electron chi connectivity index (χ1n) is 7.40. The maximum atomic E-state index is 12.8. The molecule has 0 bridgehead atoms. The first kappa shape index (κ1) is 16.8. The van der Waals surface area contributed by atoms with E-state index in [1.807, 2.05) is 11.8 Å². The molecule has 0 saturated carbocycles. The van der Waals surface area contributed by atoms with Gasteiger partial charge in [0.25, 0.3) is 0 Å². The Morgan fingerprint density at radius 2 is 1.96 bits per heavy atom. The fraction of sp³-hybridized carbons (Fsp3) is 0.375. The first-order valence-corrected chi connectivity index (χ1v) is 10.8. The second-order valence-corrected chi connectivity index (χ2v) is 9.47. The number of hydrogen-bond acceptors (Lipinski definition) is 5. The van der Waals surface area contributed by atoms with Crippen molar-refractivity contribution in [1.82, 2.24) is 4.31 Å². The highest BCUT2D eigenvalue weighted by Crippen LogP contribution is 2.37. The highest BCUT2D eigenvalue weighted by Gasteiger charge is 2.28. The molecular formula is C16H19NO3S3. The zero-order valence-electron chi connectivity index (χ0n) is 12.8. The van der Waals surface area contributed by atoms with Crippen LogP contribution in [-0.2, 0) is 10.0 Å². The number of hydrogen-bond donors (Lipinski definition) is 0. The molecule has 1 unspecified atom stereocenters. The van der Waals surface area contributed by atoms with E-state index in [1.54, 1.807) is 47.0 Å². The van der Waals surface area contributed by atoms with Crippen LogP contribution in [-0.4, -0.2) is 38.7 Å². The molecule has 23 heavy (non-hydrogen) atoms.